The molecule has 0 heterocycles. The van der Waals surface area contributed by atoms with E-state index in [0.29, 0.717) is 12.8 Å². The van der Waals surface area contributed by atoms with Crippen LogP contribution in [0.5, 0.6) is 17.2 Å². The number of carbonyl (C=O) groups is 1. The normalized spacial score (nSPS) is 11.8. The molecule has 5 N–H and O–H groups in total. The summed E-state index contributed by atoms with van der Waals surface area (Å²) in [7, 11) is 4.39. The summed E-state index contributed by atoms with van der Waals surface area (Å²) in [4.78, 5) is 8.36. The second kappa shape index (κ2) is 61.3. The van der Waals surface area contributed by atoms with Gasteiger partial charge in [-0.05, 0) is 126 Å². The van der Waals surface area contributed by atoms with E-state index in [4.69, 9.17) is 44.5 Å². The molecule has 0 aromatic heterocycles. The van der Waals surface area contributed by atoms with E-state index in [1.807, 2.05) is 36.4 Å². The Hall–Kier alpha value is -1.77. The molecule has 0 amide bonds. The standard InChI is InChI=1S/C21H21O3P.C8H12.2C5H12O2.CH2O2.2CH4.7CH3.3Ir.H2.3H/c1-22-16-4-10-19(11-5-16)25(20-12-6-17(23-2)7-13-20)21-14-8-18(24-3)9-15-21;1-2-4-6-8-7-5-3-1;2*1-4(6)3-5(2)7;2-1-3;;;;;;;;;;;;;;;;/h4-15H,1-3H3;1-2,7-8H,3-6H2;2*4-7H,3H2,1-2H3;1H,(H,2,3);2*1H4;7*1H3;;;;1H;;;/q;;;;;;;7*-1;;;;;;;/b;2-1-,8-7?;;;;;;;;;;;;;;;;;;;. The third-order valence-corrected chi connectivity index (χ3v) is 9.13. The van der Waals surface area contributed by atoms with Crippen molar-refractivity contribution in [2.24, 2.45) is 0 Å². The summed E-state index contributed by atoms with van der Waals surface area (Å²) >= 11 is 0. The minimum atomic E-state index is -0.665. The predicted octanol–water partition coefficient (Wildman–Crippen LogP) is 9.98. The van der Waals surface area contributed by atoms with E-state index in [-0.39, 0.29) is 159 Å². The summed E-state index contributed by atoms with van der Waals surface area (Å²) in [6, 6.07) is 24.9. The van der Waals surface area contributed by atoms with Crippen molar-refractivity contribution in [1.29, 1.82) is 0 Å². The summed E-state index contributed by atoms with van der Waals surface area (Å²) in [6.07, 6.45) is 13.4. The Balaban J connectivity index is -0.0000000451. The SMILES string of the molecule is C.C.C1=CCC/C=C\CC1.CC(O)CC(C)O.CC(O)CC(C)O.COc1ccc(P(c2ccc(OC)cc2)c2ccc(OC)cc2)cc1.O=CO.[CH3-].[CH3-].[CH3-].[CH3-].[CH3-].[CH3-].[CH3-].[HH].[IrH3].[Ir].[Ir]. The molecule has 13 heteroatoms. The Labute approximate surface area is 426 Å². The Kier molecular flexibility index (Phi) is 93.7. The van der Waals surface area contributed by atoms with Gasteiger partial charge in [0.25, 0.3) is 6.47 Å². The van der Waals surface area contributed by atoms with Crippen molar-refractivity contribution in [2.75, 3.05) is 21.3 Å². The smallest absolute Gasteiger partial charge is 0 e. The van der Waals surface area contributed by atoms with Crippen LogP contribution in [0.4, 0.5) is 0 Å². The quantitative estimate of drug-likeness (QED) is 0.0580. The molecule has 62 heavy (non-hydrogen) atoms. The maximum atomic E-state index is 8.56. The van der Waals surface area contributed by atoms with E-state index in [1.54, 1.807) is 49.0 Å². The van der Waals surface area contributed by atoms with Crippen molar-refractivity contribution in [3.8, 4) is 17.2 Å². The van der Waals surface area contributed by atoms with Crippen molar-refractivity contribution in [3.63, 3.8) is 0 Å². The van der Waals surface area contributed by atoms with Crippen LogP contribution in [0.1, 0.15) is 82.5 Å². The van der Waals surface area contributed by atoms with Crippen molar-refractivity contribution in [2.45, 2.75) is 105 Å². The molecule has 9 nitrogen and oxygen atoms in total. The van der Waals surface area contributed by atoms with Crippen LogP contribution in [-0.2, 0) is 65.1 Å². The first-order valence-corrected chi connectivity index (χ1v) is 18.1. The average Bonchev–Trinajstić information content (AvgIpc) is 3.05. The summed E-state index contributed by atoms with van der Waals surface area (Å²) < 4.78 is 15.9. The number of aliphatic hydroxyl groups excluding tert-OH is 4. The second-order valence-corrected chi connectivity index (χ2v) is 13.7. The van der Waals surface area contributed by atoms with Crippen LogP contribution in [0.2, 0.25) is 0 Å². The molecule has 0 spiro atoms. The van der Waals surface area contributed by atoms with Crippen LogP contribution in [0, 0.1) is 52.0 Å². The van der Waals surface area contributed by atoms with Crippen LogP contribution < -0.4 is 30.1 Å². The summed E-state index contributed by atoms with van der Waals surface area (Å²) in [6.45, 7) is 6.39. The number of benzene rings is 3. The van der Waals surface area contributed by atoms with Gasteiger partial charge in [-0.3, -0.25) is 4.79 Å². The van der Waals surface area contributed by atoms with Crippen molar-refractivity contribution in [1.82, 2.24) is 0 Å². The maximum Gasteiger partial charge on any atom is 0 e. The molecular weight excluding hydrogens is 1340 g/mol. The first-order chi connectivity index (χ1) is 23.9. The van der Waals surface area contributed by atoms with Gasteiger partial charge in [-0.2, -0.15) is 0 Å². The molecule has 1 aliphatic carbocycles. The number of hydrogen-bond acceptors (Lipinski definition) is 8. The molecule has 382 valence electrons. The zero-order valence-electron chi connectivity index (χ0n) is 38.8. The minimum Gasteiger partial charge on any atom is 0 e. The number of rotatable bonds is 10. The summed E-state index contributed by atoms with van der Waals surface area (Å²) in [5.74, 6) is 2.59. The number of aliphatic hydroxyl groups is 4. The molecule has 4 unspecified atom stereocenters. The van der Waals surface area contributed by atoms with Crippen LogP contribution in [0.25, 0.3) is 0 Å². The van der Waals surface area contributed by atoms with Gasteiger partial charge in [-0.25, -0.2) is 0 Å². The monoisotopic (exact) mass is 1440 g/mol. The molecule has 0 bridgehead atoms. The first-order valence-electron chi connectivity index (χ1n) is 16.7. The van der Waals surface area contributed by atoms with E-state index >= 15 is 0 Å². The van der Waals surface area contributed by atoms with Gasteiger partial charge in [0.15, 0.2) is 0 Å². The summed E-state index contributed by atoms with van der Waals surface area (Å²) in [5.41, 5.74) is 0. The third-order valence-electron chi connectivity index (χ3n) is 6.69. The van der Waals surface area contributed by atoms with E-state index in [2.05, 4.69) is 60.7 Å². The molecule has 4 atom stereocenters. The average molecular weight is 1430 g/mol. The molecule has 3 radical (unpaired) electrons. The van der Waals surface area contributed by atoms with Crippen molar-refractivity contribution in [3.05, 3.63) is 149 Å². The Morgan fingerprint density at radius 3 is 0.774 bits per heavy atom. The number of ether oxygens (including phenoxy) is 3. The van der Waals surface area contributed by atoms with Crippen LogP contribution >= 0.6 is 7.92 Å². The van der Waals surface area contributed by atoms with Gasteiger partial charge >= 0.3 is 20.1 Å². The fraction of sp³-hybridized carbons (Fsp3) is 0.388. The zero-order chi connectivity index (χ0) is 37.7. The largest absolute Gasteiger partial charge is 0 e. The zero-order valence-corrected chi connectivity index (χ0v) is 47.4. The van der Waals surface area contributed by atoms with Crippen LogP contribution in [0.15, 0.2) is 97.1 Å². The van der Waals surface area contributed by atoms with Crippen molar-refractivity contribution >= 4 is 30.3 Å². The van der Waals surface area contributed by atoms with Gasteiger partial charge in [0.05, 0.1) is 45.7 Å². The molecule has 0 fully saturated rings. The molecule has 1 aliphatic rings. The minimum absolute atomic E-state index is 0. The van der Waals surface area contributed by atoms with Gasteiger partial charge in [-0.15, -0.1) is 0 Å². The Bertz CT molecular complexity index is 1150. The molecule has 0 aliphatic heterocycles. The molecule has 3 aromatic rings. The van der Waals surface area contributed by atoms with Crippen molar-refractivity contribution < 1.29 is 106 Å². The van der Waals surface area contributed by atoms with E-state index in [9.17, 15) is 0 Å². The second-order valence-electron chi connectivity index (χ2n) is 11.5. The van der Waals surface area contributed by atoms with Crippen LogP contribution in [0.3, 0.4) is 0 Å². The van der Waals surface area contributed by atoms with Gasteiger partial charge in [0.1, 0.15) is 17.2 Å². The number of carboxylic acid groups (broad SMARTS) is 1. The maximum absolute atomic E-state index is 8.56. The molecule has 3 aromatic carbocycles. The fourth-order valence-corrected chi connectivity index (χ4v) is 6.72. The summed E-state index contributed by atoms with van der Waals surface area (Å²) in [5, 5.41) is 44.9. The molecular formula is C49H93Ir3O9P-7. The van der Waals surface area contributed by atoms with E-state index < -0.39 is 7.92 Å². The van der Waals surface area contributed by atoms with Crippen LogP contribution in [-0.4, -0.2) is 77.8 Å². The van der Waals surface area contributed by atoms with E-state index in [1.165, 1.54) is 41.6 Å². The van der Waals surface area contributed by atoms with E-state index in [0.717, 1.165) is 17.2 Å². The molecule has 0 saturated heterocycles. The Morgan fingerprint density at radius 2 is 0.661 bits per heavy atom. The van der Waals surface area contributed by atoms with Gasteiger partial charge < -0.3 is 91.7 Å². The predicted molar refractivity (Wildman–Crippen MR) is 271 cm³/mol. The number of hydrogen-bond donors (Lipinski definition) is 5. The number of methoxy groups -OCH3 is 3. The van der Waals surface area contributed by atoms with Gasteiger partial charge in [0, 0.05) is 41.6 Å². The van der Waals surface area contributed by atoms with Gasteiger partial charge in [0.2, 0.25) is 0 Å². The fourth-order valence-electron chi connectivity index (χ4n) is 4.48. The van der Waals surface area contributed by atoms with Gasteiger partial charge in [-0.1, -0.05) is 75.6 Å². The molecule has 0 saturated carbocycles. The Morgan fingerprint density at radius 1 is 0.500 bits per heavy atom. The topological polar surface area (TPSA) is 146 Å². The third kappa shape index (κ3) is 49.2. The molecule has 4 rings (SSSR count). The number of allylic oxidation sites excluding steroid dienone is 4. The first kappa shape index (κ1) is 94.7.